The Hall–Kier alpha value is -8.04. The molecule has 1 saturated heterocycles. The Morgan fingerprint density at radius 2 is 0.882 bits per heavy atom. The van der Waals surface area contributed by atoms with Crippen molar-refractivity contribution in [2.45, 2.75) is 143 Å². The zero-order valence-corrected chi connectivity index (χ0v) is 51.9. The lowest BCUT2D eigenvalue weighted by Gasteiger charge is -2.35. The van der Waals surface area contributed by atoms with Crippen molar-refractivity contribution in [3.05, 3.63) is 84.2 Å². The minimum absolute atomic E-state index is 0.00314. The third-order valence-electron chi connectivity index (χ3n) is 15.2. The molecule has 0 bridgehead atoms. The van der Waals surface area contributed by atoms with E-state index in [4.69, 9.17) is 0 Å². The summed E-state index contributed by atoms with van der Waals surface area (Å²) < 4.78 is 0. The fourth-order valence-corrected chi connectivity index (χ4v) is 10.3. The third kappa shape index (κ3) is 19.5. The van der Waals surface area contributed by atoms with Gasteiger partial charge < -0.3 is 51.1 Å². The van der Waals surface area contributed by atoms with Gasteiger partial charge in [-0.2, -0.15) is 0 Å². The number of likely N-dealkylation sites (N-methyl/N-ethyl adjacent to an activating group) is 5. The van der Waals surface area contributed by atoms with Gasteiger partial charge >= 0.3 is 0 Å². The fraction of sp³-hybridized carbons (Fsp3) is 0.556. The van der Waals surface area contributed by atoms with Gasteiger partial charge in [0.1, 0.15) is 47.6 Å². The maximum absolute atomic E-state index is 14.8. The van der Waals surface area contributed by atoms with Gasteiger partial charge in [-0.1, -0.05) is 104 Å². The lowest BCUT2D eigenvalue weighted by atomic mass is 9.99. The average molecular weight is 1180 g/mol. The zero-order valence-electron chi connectivity index (χ0n) is 51.9. The summed E-state index contributed by atoms with van der Waals surface area (Å²) in [6.45, 7) is 14.3. The number of amides is 10. The van der Waals surface area contributed by atoms with Crippen LogP contribution in [0.25, 0.3) is 21.8 Å². The van der Waals surface area contributed by atoms with E-state index < -0.39 is 108 Å². The molecule has 5 rings (SSSR count). The first-order chi connectivity index (χ1) is 40.2. The highest BCUT2D eigenvalue weighted by atomic mass is 16.2. The molecule has 0 aliphatic carbocycles. The highest BCUT2D eigenvalue weighted by Crippen LogP contribution is 2.20. The van der Waals surface area contributed by atoms with Crippen LogP contribution in [-0.2, 0) is 38.4 Å². The molecule has 1 aliphatic rings. The van der Waals surface area contributed by atoms with Crippen LogP contribution in [0.2, 0.25) is 0 Å². The number of nitrogens with zero attached hydrogens (tertiary/aromatic N) is 7. The molecule has 6 atom stereocenters. The average Bonchev–Trinajstić information content (AvgIpc) is 3.66. The summed E-state index contributed by atoms with van der Waals surface area (Å²) in [5.41, 5.74) is 1.23. The summed E-state index contributed by atoms with van der Waals surface area (Å²) >= 11 is 0. The molecule has 4 aromatic rings. The van der Waals surface area contributed by atoms with Crippen LogP contribution in [0.4, 0.5) is 0 Å². The Bertz CT molecular complexity index is 3020. The van der Waals surface area contributed by atoms with Crippen molar-refractivity contribution in [3.8, 4) is 0 Å². The van der Waals surface area contributed by atoms with Crippen molar-refractivity contribution in [2.24, 2.45) is 23.7 Å². The normalized spacial score (nSPS) is 21.7. The van der Waals surface area contributed by atoms with Crippen molar-refractivity contribution in [1.29, 1.82) is 0 Å². The number of aromatic nitrogens is 2. The Labute approximate surface area is 500 Å². The number of hydrogen-bond acceptors (Lipinski definition) is 12. The number of nitrogens with one attached hydrogen (secondary N) is 5. The zero-order chi connectivity index (χ0) is 62.8. The molecule has 10 amide bonds. The van der Waals surface area contributed by atoms with Crippen LogP contribution in [0.15, 0.2) is 72.8 Å². The van der Waals surface area contributed by atoms with Crippen LogP contribution in [0, 0.1) is 23.7 Å². The van der Waals surface area contributed by atoms with Crippen molar-refractivity contribution in [2.75, 3.05) is 61.4 Å². The van der Waals surface area contributed by atoms with E-state index in [-0.39, 0.29) is 99.5 Å². The summed E-state index contributed by atoms with van der Waals surface area (Å²) in [4.78, 5) is 158. The second-order valence-corrected chi connectivity index (χ2v) is 24.2. The Morgan fingerprint density at radius 1 is 0.482 bits per heavy atom. The van der Waals surface area contributed by atoms with Gasteiger partial charge in [0.2, 0.25) is 47.3 Å². The predicted molar refractivity (Wildman–Crippen MR) is 325 cm³/mol. The van der Waals surface area contributed by atoms with Gasteiger partial charge in [-0.15, -0.1) is 0 Å². The van der Waals surface area contributed by atoms with Crippen LogP contribution in [-0.4, -0.2) is 191 Å². The molecule has 0 unspecified atom stereocenters. The summed E-state index contributed by atoms with van der Waals surface area (Å²) in [6, 6.07) is 14.4. The lowest BCUT2D eigenvalue weighted by molar-refractivity contribution is -0.148. The van der Waals surface area contributed by atoms with Gasteiger partial charge in [-0.25, -0.2) is 9.97 Å². The predicted octanol–water partition coefficient (Wildman–Crippen LogP) is 4.55. The second-order valence-electron chi connectivity index (χ2n) is 24.2. The summed E-state index contributed by atoms with van der Waals surface area (Å²) in [6.07, 6.45) is 1.17. The Balaban J connectivity index is 1.49. The summed E-state index contributed by atoms with van der Waals surface area (Å²) in [5, 5.41) is 15.9. The Morgan fingerprint density at radius 3 is 1.33 bits per heavy atom. The van der Waals surface area contributed by atoms with Crippen LogP contribution < -0.4 is 26.6 Å². The van der Waals surface area contributed by atoms with E-state index in [0.717, 1.165) is 10.8 Å². The fourth-order valence-electron chi connectivity index (χ4n) is 10.3. The molecule has 85 heavy (non-hydrogen) atoms. The monoisotopic (exact) mass is 1170 g/mol. The van der Waals surface area contributed by atoms with E-state index in [1.807, 2.05) is 79.7 Å². The number of fused-ring (bicyclic) bond motifs is 2. The van der Waals surface area contributed by atoms with E-state index in [0.29, 0.717) is 11.0 Å². The van der Waals surface area contributed by atoms with Crippen molar-refractivity contribution >= 4 is 80.9 Å². The molecule has 22 nitrogen and oxygen atoms in total. The molecular weight excluding hydrogens is 1080 g/mol. The molecule has 2 aromatic carbocycles. The quantitative estimate of drug-likeness (QED) is 0.131. The van der Waals surface area contributed by atoms with E-state index in [1.54, 1.807) is 48.5 Å². The molecule has 462 valence electrons. The standard InChI is InChI=1S/C63H90N12O10/c1-38(2)32-50-61(83)71(9)36-54(76)73(11)51(33-39(3)4)60(82)65-31-19-25-49(69-58(80)48-29-27-43-21-15-17-23-45(43)67-48)62(84)75(13)53(35-41(7)8)63(85)72(10)37-55(77)74(12)52(34-40(5)6)59(81)64-30-18-24-46(56(78)70-50)68-57(79)47-28-26-42-20-14-16-22-44(42)66-47/h14-17,20-23,26-29,38-41,46,49-53H,18-19,24-25,30-37H2,1-13H3,(H,64,81)(H,65,82)(H,68,79)(H,69,80)(H,70,78)/t46-,49-,50-,51-,52-,53-/m0/s1. The van der Waals surface area contributed by atoms with Crippen LogP contribution in [0.3, 0.4) is 0 Å². The van der Waals surface area contributed by atoms with E-state index in [9.17, 15) is 47.9 Å². The molecule has 2 aromatic heterocycles. The Kier molecular flexibility index (Phi) is 25.3. The molecule has 1 aliphatic heterocycles. The van der Waals surface area contributed by atoms with Crippen LogP contribution in [0.5, 0.6) is 0 Å². The van der Waals surface area contributed by atoms with Crippen molar-refractivity contribution in [1.82, 2.24) is 61.1 Å². The highest BCUT2D eigenvalue weighted by molar-refractivity contribution is 6.00. The number of carbonyl (C=O) groups excluding carboxylic acids is 10. The first-order valence-electron chi connectivity index (χ1n) is 29.6. The molecule has 22 heteroatoms. The maximum atomic E-state index is 14.8. The SMILES string of the molecule is CC(C)C[C@@H]1NC(=O)[C@@H](NC(=O)c2ccc3ccccc3n2)CCCNC(=O)[C@H](CC(C)C)N(C)C(=O)CN(C)C(=O)[C@H](CC(C)C)N(C)C(=O)[C@@H](NC(=O)c2ccc3ccccc3n2)CCCNC(=O)[C@H](CC(C)C)N(C)C(=O)CN(C)C1=O. The van der Waals surface area contributed by atoms with E-state index >= 15 is 0 Å². The van der Waals surface area contributed by atoms with Gasteiger partial charge in [0, 0.05) is 59.1 Å². The summed E-state index contributed by atoms with van der Waals surface area (Å²) in [7, 11) is 7.32. The second kappa shape index (κ2) is 31.7. The largest absolute Gasteiger partial charge is 0.354 e. The molecule has 5 N–H and O–H groups in total. The van der Waals surface area contributed by atoms with Gasteiger partial charge in [-0.05, 0) is 99.3 Å². The molecule has 0 radical (unpaired) electrons. The molecule has 1 fully saturated rings. The molecule has 3 heterocycles. The highest BCUT2D eigenvalue weighted by Gasteiger charge is 2.38. The van der Waals surface area contributed by atoms with Gasteiger partial charge in [-0.3, -0.25) is 47.9 Å². The lowest BCUT2D eigenvalue weighted by Crippen LogP contribution is -2.57. The first kappa shape index (κ1) is 67.7. The number of para-hydroxylation sites is 2. The minimum Gasteiger partial charge on any atom is -0.354 e. The molecule has 0 saturated carbocycles. The van der Waals surface area contributed by atoms with Gasteiger partial charge in [0.15, 0.2) is 0 Å². The van der Waals surface area contributed by atoms with Crippen molar-refractivity contribution in [3.63, 3.8) is 0 Å². The van der Waals surface area contributed by atoms with Crippen LogP contribution >= 0.6 is 0 Å². The molecule has 0 spiro atoms. The number of pyridine rings is 2. The van der Waals surface area contributed by atoms with Crippen molar-refractivity contribution < 1.29 is 47.9 Å². The van der Waals surface area contributed by atoms with Gasteiger partial charge in [0.05, 0.1) is 24.1 Å². The third-order valence-corrected chi connectivity index (χ3v) is 15.2. The number of rotatable bonds is 12. The summed E-state index contributed by atoms with van der Waals surface area (Å²) in [5.74, 6) is -6.13. The van der Waals surface area contributed by atoms with Crippen LogP contribution in [0.1, 0.15) is 128 Å². The number of hydrogen-bond donors (Lipinski definition) is 5. The molecular formula is C63H90N12O10. The van der Waals surface area contributed by atoms with E-state index in [1.165, 1.54) is 59.7 Å². The van der Waals surface area contributed by atoms with E-state index in [2.05, 4.69) is 36.6 Å². The number of benzene rings is 2. The smallest absolute Gasteiger partial charge is 0.270 e. The minimum atomic E-state index is -1.23. The maximum Gasteiger partial charge on any atom is 0.270 e. The first-order valence-corrected chi connectivity index (χ1v) is 29.6. The van der Waals surface area contributed by atoms with Gasteiger partial charge in [0.25, 0.3) is 11.8 Å². The number of carbonyl (C=O) groups is 10. The topological polar surface area (TPSA) is 273 Å².